The lowest BCUT2D eigenvalue weighted by molar-refractivity contribution is -0.229. The van der Waals surface area contributed by atoms with E-state index < -0.39 is 35.6 Å². The van der Waals surface area contributed by atoms with Crippen molar-refractivity contribution in [2.24, 2.45) is 5.41 Å². The summed E-state index contributed by atoms with van der Waals surface area (Å²) >= 11 is 0. The highest BCUT2D eigenvalue weighted by Gasteiger charge is 2.66. The van der Waals surface area contributed by atoms with E-state index in [1.165, 1.54) is 0 Å². The van der Waals surface area contributed by atoms with Gasteiger partial charge in [-0.15, -0.1) is 6.58 Å². The van der Waals surface area contributed by atoms with Gasteiger partial charge in [0.05, 0.1) is 12.5 Å². The highest BCUT2D eigenvalue weighted by molar-refractivity contribution is 5.78. The molecule has 1 amide bonds. The number of alkyl carbamates (subject to hydrolysis) is 1. The molecule has 0 aromatic rings. The molecule has 0 aromatic heterocycles. The van der Waals surface area contributed by atoms with Crippen LogP contribution in [0.25, 0.3) is 0 Å². The Bertz CT molecular complexity index is 379. The predicted molar refractivity (Wildman–Crippen MR) is 60.6 cm³/mol. The predicted octanol–water partition coefficient (Wildman–Crippen LogP) is 2.33. The first kappa shape index (κ1) is 17.3. The van der Waals surface area contributed by atoms with Crippen LogP contribution in [0.1, 0.15) is 20.3 Å². The van der Waals surface area contributed by atoms with Crippen LogP contribution >= 0.6 is 0 Å². The molecule has 0 bridgehead atoms. The van der Waals surface area contributed by atoms with Crippen LogP contribution in [0.4, 0.5) is 18.0 Å². The smallest absolute Gasteiger partial charge is 0.413 e. The van der Waals surface area contributed by atoms with Gasteiger partial charge in [0.25, 0.3) is 0 Å². The maximum absolute atomic E-state index is 13.3. The van der Waals surface area contributed by atoms with Crippen molar-refractivity contribution >= 4 is 12.1 Å². The van der Waals surface area contributed by atoms with E-state index in [1.54, 1.807) is 5.32 Å². The Balaban J connectivity index is 5.99. The standard InChI is InChI=1S/C11H16F3NO4/c1-5-6-10(11(12,13)14,15-8(18)19-4)9(2,3)7(16)17/h5H,1,6H2,2-4H3,(H,15,18)(H,16,17). The maximum Gasteiger partial charge on any atom is 0.413 e. The molecule has 0 saturated heterocycles. The molecule has 1 unspecified atom stereocenters. The number of carboxylic acid groups (broad SMARTS) is 1. The van der Waals surface area contributed by atoms with Crippen molar-refractivity contribution in [3.63, 3.8) is 0 Å². The van der Waals surface area contributed by atoms with Gasteiger partial charge in [-0.2, -0.15) is 13.2 Å². The van der Waals surface area contributed by atoms with Gasteiger partial charge < -0.3 is 15.2 Å². The molecule has 0 aliphatic rings. The first-order chi connectivity index (χ1) is 8.46. The first-order valence-corrected chi connectivity index (χ1v) is 5.23. The van der Waals surface area contributed by atoms with Crippen LogP contribution in [0.5, 0.6) is 0 Å². The molecule has 0 aromatic carbocycles. The normalized spacial score (nSPS) is 15.3. The number of carbonyl (C=O) groups excluding carboxylic acids is 1. The number of ether oxygens (including phenoxy) is 1. The Hall–Kier alpha value is -1.73. The maximum atomic E-state index is 13.3. The summed E-state index contributed by atoms with van der Waals surface area (Å²) < 4.78 is 44.1. The lowest BCUT2D eigenvalue weighted by atomic mass is 9.69. The second kappa shape index (κ2) is 5.50. The summed E-state index contributed by atoms with van der Waals surface area (Å²) in [7, 11) is 0.887. The Morgan fingerprint density at radius 1 is 1.37 bits per heavy atom. The molecule has 1 atom stereocenters. The molecule has 19 heavy (non-hydrogen) atoms. The van der Waals surface area contributed by atoms with Crippen molar-refractivity contribution in [3.05, 3.63) is 12.7 Å². The van der Waals surface area contributed by atoms with Crippen LogP contribution in [0, 0.1) is 5.41 Å². The summed E-state index contributed by atoms with van der Waals surface area (Å²) in [6.45, 7) is 4.93. The number of rotatable bonds is 5. The van der Waals surface area contributed by atoms with Crippen molar-refractivity contribution in [3.8, 4) is 0 Å². The van der Waals surface area contributed by atoms with Gasteiger partial charge in [0.1, 0.15) is 0 Å². The third kappa shape index (κ3) is 2.99. The fourth-order valence-corrected chi connectivity index (χ4v) is 1.63. The van der Waals surface area contributed by atoms with Gasteiger partial charge in [-0.05, 0) is 20.3 Å². The molecule has 0 spiro atoms. The zero-order valence-electron chi connectivity index (χ0n) is 10.8. The molecule has 8 heteroatoms. The molecule has 5 nitrogen and oxygen atoms in total. The summed E-state index contributed by atoms with van der Waals surface area (Å²) in [6.07, 6.45) is -6.27. The molecule has 0 rings (SSSR count). The third-order valence-corrected chi connectivity index (χ3v) is 3.04. The van der Waals surface area contributed by atoms with Crippen LogP contribution in [-0.4, -0.2) is 36.0 Å². The summed E-state index contributed by atoms with van der Waals surface area (Å²) in [5.74, 6) is -1.71. The van der Waals surface area contributed by atoms with Gasteiger partial charge in [-0.1, -0.05) is 6.08 Å². The highest BCUT2D eigenvalue weighted by atomic mass is 19.4. The Labute approximate surface area is 108 Å². The number of carbonyl (C=O) groups is 2. The number of hydrogen-bond donors (Lipinski definition) is 2. The number of aliphatic carboxylic acids is 1. The van der Waals surface area contributed by atoms with Gasteiger partial charge >= 0.3 is 18.2 Å². The minimum absolute atomic E-state index is 0.801. The van der Waals surface area contributed by atoms with E-state index in [4.69, 9.17) is 5.11 Å². The van der Waals surface area contributed by atoms with Gasteiger partial charge in [0, 0.05) is 0 Å². The summed E-state index contributed by atoms with van der Waals surface area (Å²) in [6, 6.07) is 0. The van der Waals surface area contributed by atoms with E-state index in [1.807, 2.05) is 0 Å². The van der Waals surface area contributed by atoms with Gasteiger partial charge in [-0.25, -0.2) is 4.79 Å². The first-order valence-electron chi connectivity index (χ1n) is 5.23. The summed E-state index contributed by atoms with van der Waals surface area (Å²) in [5.41, 5.74) is -5.33. The molecular formula is C11H16F3NO4. The lowest BCUT2D eigenvalue weighted by Crippen LogP contribution is -2.68. The van der Waals surface area contributed by atoms with Crippen LogP contribution in [-0.2, 0) is 9.53 Å². The van der Waals surface area contributed by atoms with Crippen molar-refractivity contribution in [1.29, 1.82) is 0 Å². The summed E-state index contributed by atoms with van der Waals surface area (Å²) in [4.78, 5) is 22.3. The van der Waals surface area contributed by atoms with Crippen molar-refractivity contribution in [1.82, 2.24) is 5.32 Å². The molecule has 2 N–H and O–H groups in total. The van der Waals surface area contributed by atoms with E-state index in [0.717, 1.165) is 27.0 Å². The molecule has 0 aliphatic carbocycles. The zero-order valence-corrected chi connectivity index (χ0v) is 10.8. The fourth-order valence-electron chi connectivity index (χ4n) is 1.63. The number of halogens is 3. The van der Waals surface area contributed by atoms with Gasteiger partial charge in [-0.3, -0.25) is 4.79 Å². The SMILES string of the molecule is C=CCC(NC(=O)OC)(C(F)(F)F)C(C)(C)C(=O)O. The van der Waals surface area contributed by atoms with Gasteiger partial charge in [0.2, 0.25) is 0 Å². The molecule has 0 aliphatic heterocycles. The summed E-state index contributed by atoms with van der Waals surface area (Å²) in [5, 5.41) is 10.6. The number of alkyl halides is 3. The number of amides is 1. The highest BCUT2D eigenvalue weighted by Crippen LogP contribution is 2.46. The van der Waals surface area contributed by atoms with E-state index in [0.29, 0.717) is 0 Å². The monoisotopic (exact) mass is 283 g/mol. The molecule has 0 heterocycles. The minimum Gasteiger partial charge on any atom is -0.481 e. The number of methoxy groups -OCH3 is 1. The average Bonchev–Trinajstić information content (AvgIpc) is 2.25. The topological polar surface area (TPSA) is 75.6 Å². The zero-order chi connectivity index (χ0) is 15.5. The van der Waals surface area contributed by atoms with Crippen molar-refractivity contribution in [2.45, 2.75) is 32.0 Å². The number of nitrogens with one attached hydrogen (secondary N) is 1. The van der Waals surface area contributed by atoms with Crippen LogP contribution in [0.15, 0.2) is 12.7 Å². The van der Waals surface area contributed by atoms with E-state index >= 15 is 0 Å². The molecule has 0 fully saturated rings. The quantitative estimate of drug-likeness (QED) is 0.759. The van der Waals surface area contributed by atoms with E-state index in [-0.39, 0.29) is 0 Å². The third-order valence-electron chi connectivity index (χ3n) is 3.04. The Morgan fingerprint density at radius 3 is 2.11 bits per heavy atom. The van der Waals surface area contributed by atoms with Crippen LogP contribution < -0.4 is 5.32 Å². The van der Waals surface area contributed by atoms with Gasteiger partial charge in [0.15, 0.2) is 5.54 Å². The fraction of sp³-hybridized carbons (Fsp3) is 0.636. The second-order valence-electron chi connectivity index (χ2n) is 4.44. The lowest BCUT2D eigenvalue weighted by Gasteiger charge is -2.44. The van der Waals surface area contributed by atoms with Crippen molar-refractivity contribution in [2.75, 3.05) is 7.11 Å². The Kier molecular flexibility index (Phi) is 5.00. The molecule has 110 valence electrons. The molecule has 0 saturated carbocycles. The van der Waals surface area contributed by atoms with Crippen molar-refractivity contribution < 1.29 is 32.6 Å². The van der Waals surface area contributed by atoms with Crippen LogP contribution in [0.2, 0.25) is 0 Å². The largest absolute Gasteiger partial charge is 0.481 e. The van der Waals surface area contributed by atoms with Crippen LogP contribution in [0.3, 0.4) is 0 Å². The number of hydrogen-bond acceptors (Lipinski definition) is 3. The molecule has 0 radical (unpaired) electrons. The molecular weight excluding hydrogens is 267 g/mol. The second-order valence-corrected chi connectivity index (χ2v) is 4.44. The van der Waals surface area contributed by atoms with E-state index in [2.05, 4.69) is 11.3 Å². The minimum atomic E-state index is -5.00. The van der Waals surface area contributed by atoms with E-state index in [9.17, 15) is 22.8 Å². The number of carboxylic acids is 1. The average molecular weight is 283 g/mol. The Morgan fingerprint density at radius 2 is 1.84 bits per heavy atom.